The topological polar surface area (TPSA) is 71.6 Å². The molecule has 7 nitrogen and oxygen atoms in total. The second kappa shape index (κ2) is 5.92. The predicted octanol–water partition coefficient (Wildman–Crippen LogP) is 0.864. The minimum absolute atomic E-state index is 0.194. The summed E-state index contributed by atoms with van der Waals surface area (Å²) in [6.07, 6.45) is 1.24. The van der Waals surface area contributed by atoms with E-state index < -0.39 is 10.0 Å². The van der Waals surface area contributed by atoms with Crippen LogP contribution in [0.25, 0.3) is 0 Å². The minimum Gasteiger partial charge on any atom is -0.414 e. The lowest BCUT2D eigenvalue weighted by molar-refractivity contribution is 0.143. The molecule has 1 aromatic rings. The highest BCUT2D eigenvalue weighted by atomic mass is 32.2. The van der Waals surface area contributed by atoms with E-state index in [1.165, 1.54) is 10.6 Å². The van der Waals surface area contributed by atoms with Crippen LogP contribution in [0.3, 0.4) is 0 Å². The third-order valence-electron chi connectivity index (χ3n) is 3.25. The van der Waals surface area contributed by atoms with Crippen LogP contribution in [0, 0.1) is 4.84 Å². The van der Waals surface area contributed by atoms with Crippen LogP contribution in [0.5, 0.6) is 0 Å². The van der Waals surface area contributed by atoms with Gasteiger partial charge in [-0.2, -0.15) is 4.31 Å². The molecule has 0 aliphatic carbocycles. The Morgan fingerprint density at radius 2 is 1.90 bits per heavy atom. The van der Waals surface area contributed by atoms with E-state index in [1.54, 1.807) is 4.68 Å². The second-order valence-electron chi connectivity index (χ2n) is 5.28. The summed E-state index contributed by atoms with van der Waals surface area (Å²) in [4.78, 5) is 2.48. The van der Waals surface area contributed by atoms with Gasteiger partial charge in [0.2, 0.25) is 15.9 Å². The van der Waals surface area contributed by atoms with Crippen LogP contribution in [0.15, 0.2) is 4.42 Å². The summed E-state index contributed by atoms with van der Waals surface area (Å²) in [7, 11) is -3.09. The number of hydrogen-bond acceptors (Lipinski definition) is 6. The normalized spacial score (nSPS) is 18.8. The first-order chi connectivity index (χ1) is 9.27. The highest BCUT2D eigenvalue weighted by molar-refractivity contribution is 7.88. The molecule has 0 N–H and O–H groups in total. The number of piperazine rings is 1. The van der Waals surface area contributed by atoms with Gasteiger partial charge in [-0.05, 0) is 12.2 Å². The molecule has 0 aromatic carbocycles. The van der Waals surface area contributed by atoms with Crippen molar-refractivity contribution in [1.82, 2.24) is 19.0 Å². The zero-order chi connectivity index (χ0) is 14.9. The molecule has 1 aromatic heterocycles. The van der Waals surface area contributed by atoms with Crippen molar-refractivity contribution in [3.8, 4) is 0 Å². The number of rotatable bonds is 4. The summed E-state index contributed by atoms with van der Waals surface area (Å²) in [5.74, 6) is 0.824. The molecule has 114 valence electrons. The first kappa shape index (κ1) is 15.6. The van der Waals surface area contributed by atoms with Crippen molar-refractivity contribution in [1.29, 1.82) is 0 Å². The Labute approximate surface area is 124 Å². The molecule has 0 spiro atoms. The third-order valence-corrected chi connectivity index (χ3v) is 4.85. The fraction of sp³-hybridized carbons (Fsp3) is 0.818. The van der Waals surface area contributed by atoms with Gasteiger partial charge in [0.1, 0.15) is 0 Å². The molecule has 9 heteroatoms. The van der Waals surface area contributed by atoms with Crippen molar-refractivity contribution >= 4 is 22.2 Å². The van der Waals surface area contributed by atoms with Gasteiger partial charge in [0.05, 0.1) is 12.9 Å². The summed E-state index contributed by atoms with van der Waals surface area (Å²) >= 11 is 5.14. The summed E-state index contributed by atoms with van der Waals surface area (Å²) in [6, 6.07) is 0. The zero-order valence-electron chi connectivity index (χ0n) is 11.9. The fourth-order valence-electron chi connectivity index (χ4n) is 2.04. The highest BCUT2D eigenvalue weighted by Gasteiger charge is 2.24. The van der Waals surface area contributed by atoms with Gasteiger partial charge in [-0.3, -0.25) is 4.90 Å². The Bertz CT molecular complexity index is 612. The molecule has 0 saturated carbocycles. The van der Waals surface area contributed by atoms with Crippen LogP contribution < -0.4 is 0 Å². The smallest absolute Gasteiger partial charge is 0.288 e. The lowest BCUT2D eigenvalue weighted by Gasteiger charge is -2.32. The van der Waals surface area contributed by atoms with Gasteiger partial charge in [0.15, 0.2) is 0 Å². The van der Waals surface area contributed by atoms with E-state index in [2.05, 4.69) is 10.00 Å². The number of nitrogens with zero attached hydrogens (tertiary/aromatic N) is 4. The van der Waals surface area contributed by atoms with Crippen molar-refractivity contribution in [2.75, 3.05) is 32.4 Å². The van der Waals surface area contributed by atoms with Crippen LogP contribution in [0.2, 0.25) is 0 Å². The van der Waals surface area contributed by atoms with Crippen molar-refractivity contribution in [3.05, 3.63) is 10.7 Å². The summed E-state index contributed by atoms with van der Waals surface area (Å²) < 4.78 is 31.5. The molecule has 2 rings (SSSR count). The van der Waals surface area contributed by atoms with Crippen LogP contribution in [-0.2, 0) is 16.7 Å². The first-order valence-electron chi connectivity index (χ1n) is 6.52. The van der Waals surface area contributed by atoms with Gasteiger partial charge in [-0.1, -0.05) is 13.8 Å². The number of aromatic nitrogens is 2. The molecule has 1 aliphatic rings. The predicted molar refractivity (Wildman–Crippen MR) is 77.4 cm³/mol. The Kier molecular flexibility index (Phi) is 4.62. The molecular weight excluding hydrogens is 300 g/mol. The van der Waals surface area contributed by atoms with Crippen molar-refractivity contribution in [3.63, 3.8) is 0 Å². The average molecular weight is 320 g/mol. The van der Waals surface area contributed by atoms with E-state index in [1.807, 2.05) is 13.8 Å². The Morgan fingerprint density at radius 1 is 1.30 bits per heavy atom. The monoisotopic (exact) mass is 320 g/mol. The fourth-order valence-corrected chi connectivity index (χ4v) is 3.05. The quantitative estimate of drug-likeness (QED) is 0.767. The van der Waals surface area contributed by atoms with Crippen molar-refractivity contribution in [2.24, 2.45) is 0 Å². The van der Waals surface area contributed by atoms with Gasteiger partial charge in [-0.25, -0.2) is 13.1 Å². The molecule has 0 atom stereocenters. The van der Waals surface area contributed by atoms with Gasteiger partial charge in [0.25, 0.3) is 4.84 Å². The van der Waals surface area contributed by atoms with Gasteiger partial charge in [0, 0.05) is 32.1 Å². The van der Waals surface area contributed by atoms with Crippen molar-refractivity contribution < 1.29 is 12.8 Å². The average Bonchev–Trinajstić information content (AvgIpc) is 2.71. The molecular formula is C11H20N4O3S2. The molecule has 0 amide bonds. The maximum absolute atomic E-state index is 11.4. The molecule has 2 heterocycles. The molecule has 20 heavy (non-hydrogen) atoms. The van der Waals surface area contributed by atoms with Gasteiger partial charge < -0.3 is 4.42 Å². The molecule has 0 radical (unpaired) electrons. The van der Waals surface area contributed by atoms with Crippen LogP contribution >= 0.6 is 12.2 Å². The zero-order valence-corrected chi connectivity index (χ0v) is 13.6. The largest absolute Gasteiger partial charge is 0.414 e. The molecule has 1 fully saturated rings. The van der Waals surface area contributed by atoms with E-state index in [-0.39, 0.29) is 5.92 Å². The summed E-state index contributed by atoms with van der Waals surface area (Å²) in [5, 5.41) is 4.34. The van der Waals surface area contributed by atoms with E-state index in [0.717, 1.165) is 0 Å². The van der Waals surface area contributed by atoms with Crippen molar-refractivity contribution in [2.45, 2.75) is 26.4 Å². The van der Waals surface area contributed by atoms with E-state index in [9.17, 15) is 8.42 Å². The molecule has 1 saturated heterocycles. The Balaban J connectivity index is 1.98. The maximum Gasteiger partial charge on any atom is 0.288 e. The maximum atomic E-state index is 11.4. The van der Waals surface area contributed by atoms with E-state index in [0.29, 0.717) is 43.6 Å². The highest BCUT2D eigenvalue weighted by Crippen LogP contribution is 2.13. The lowest BCUT2D eigenvalue weighted by atomic mass is 10.2. The SMILES string of the molecule is CC(C)c1nn(CN2CCN(S(C)(=O)=O)CC2)c(=S)o1. The molecule has 0 bridgehead atoms. The third kappa shape index (κ3) is 3.66. The van der Waals surface area contributed by atoms with Gasteiger partial charge in [-0.15, -0.1) is 5.10 Å². The van der Waals surface area contributed by atoms with E-state index in [4.69, 9.17) is 16.6 Å². The van der Waals surface area contributed by atoms with Gasteiger partial charge >= 0.3 is 0 Å². The summed E-state index contributed by atoms with van der Waals surface area (Å²) in [6.45, 7) is 6.86. The molecule has 0 unspecified atom stereocenters. The van der Waals surface area contributed by atoms with Crippen LogP contribution in [0.4, 0.5) is 0 Å². The standard InChI is InChI=1S/C11H20N4O3S2/c1-9(2)10-12-15(11(19)18-10)8-13-4-6-14(7-5-13)20(3,16)17/h9H,4-8H2,1-3H3. The van der Waals surface area contributed by atoms with Crippen LogP contribution in [0.1, 0.15) is 25.7 Å². The minimum atomic E-state index is -3.09. The number of sulfonamides is 1. The lowest BCUT2D eigenvalue weighted by Crippen LogP contribution is -2.48. The second-order valence-corrected chi connectivity index (χ2v) is 7.61. The number of hydrogen-bond donors (Lipinski definition) is 0. The van der Waals surface area contributed by atoms with Crippen LogP contribution in [-0.4, -0.2) is 59.8 Å². The Morgan fingerprint density at radius 3 is 2.35 bits per heavy atom. The molecule has 1 aliphatic heterocycles. The van der Waals surface area contributed by atoms with E-state index >= 15 is 0 Å². The summed E-state index contributed by atoms with van der Waals surface area (Å²) in [5.41, 5.74) is 0. The Hall–Kier alpha value is -0.770. The first-order valence-corrected chi connectivity index (χ1v) is 8.78.